The van der Waals surface area contributed by atoms with E-state index in [0.717, 1.165) is 59.3 Å². The molecule has 0 spiro atoms. The van der Waals surface area contributed by atoms with E-state index in [1.54, 1.807) is 12.1 Å². The van der Waals surface area contributed by atoms with Gasteiger partial charge in [0.2, 0.25) is 5.91 Å². The molecule has 4 rings (SSSR count). The predicted octanol–water partition coefficient (Wildman–Crippen LogP) is 4.58. The third kappa shape index (κ3) is 4.44. The minimum atomic E-state index is -0.330. The van der Waals surface area contributed by atoms with Gasteiger partial charge in [-0.05, 0) is 63.0 Å². The number of Topliss-reactive ketones (excluding diaryl/α,β-unsaturated/α-hetero) is 1. The Kier molecular flexibility index (Phi) is 6.38. The molecule has 1 aromatic heterocycles. The van der Waals surface area contributed by atoms with Crippen LogP contribution in [0.15, 0.2) is 42.5 Å². The summed E-state index contributed by atoms with van der Waals surface area (Å²) in [7, 11) is 0. The van der Waals surface area contributed by atoms with Crippen LogP contribution in [-0.4, -0.2) is 40.8 Å². The number of piperidine rings is 1. The van der Waals surface area contributed by atoms with Gasteiger partial charge in [0, 0.05) is 28.8 Å². The SMILES string of the molecule is [C-]#[N+]c1ccc(-n2c(C)c(C(=O)CN3CCCCC3)c3ccc(CCC(N)=O)cc32)cc1. The second-order valence-electron chi connectivity index (χ2n) is 8.50. The number of rotatable bonds is 7. The summed E-state index contributed by atoms with van der Waals surface area (Å²) in [6, 6.07) is 13.4. The maximum atomic E-state index is 13.4. The van der Waals surface area contributed by atoms with E-state index in [4.69, 9.17) is 12.3 Å². The van der Waals surface area contributed by atoms with Gasteiger partial charge in [-0.25, -0.2) is 4.85 Å². The first-order valence-electron chi connectivity index (χ1n) is 11.1. The third-order valence-corrected chi connectivity index (χ3v) is 6.26. The monoisotopic (exact) mass is 428 g/mol. The topological polar surface area (TPSA) is 72.7 Å². The predicted molar refractivity (Wildman–Crippen MR) is 126 cm³/mol. The molecule has 164 valence electrons. The molecular weight excluding hydrogens is 400 g/mol. The molecule has 0 saturated carbocycles. The molecule has 2 heterocycles. The summed E-state index contributed by atoms with van der Waals surface area (Å²) in [5.41, 5.74) is 10.4. The number of carbonyl (C=O) groups excluding carboxylic acids is 2. The van der Waals surface area contributed by atoms with Gasteiger partial charge in [0.1, 0.15) is 0 Å². The highest BCUT2D eigenvalue weighted by atomic mass is 16.1. The summed E-state index contributed by atoms with van der Waals surface area (Å²) in [5.74, 6) is -0.195. The third-order valence-electron chi connectivity index (χ3n) is 6.26. The lowest BCUT2D eigenvalue weighted by Crippen LogP contribution is -2.34. The normalized spacial score (nSPS) is 14.4. The lowest BCUT2D eigenvalue weighted by molar-refractivity contribution is -0.117. The van der Waals surface area contributed by atoms with Crippen LogP contribution in [0, 0.1) is 13.5 Å². The number of fused-ring (bicyclic) bond motifs is 1. The van der Waals surface area contributed by atoms with Crippen LogP contribution in [0.5, 0.6) is 0 Å². The van der Waals surface area contributed by atoms with E-state index in [0.29, 0.717) is 18.7 Å². The number of nitrogens with zero attached hydrogens (tertiary/aromatic N) is 3. The van der Waals surface area contributed by atoms with Gasteiger partial charge in [0.15, 0.2) is 11.5 Å². The number of amides is 1. The number of hydrogen-bond donors (Lipinski definition) is 1. The van der Waals surface area contributed by atoms with Crippen molar-refractivity contribution in [3.8, 4) is 5.69 Å². The molecule has 0 bridgehead atoms. The van der Waals surface area contributed by atoms with Gasteiger partial charge in [-0.1, -0.05) is 30.7 Å². The van der Waals surface area contributed by atoms with E-state index < -0.39 is 0 Å². The molecule has 32 heavy (non-hydrogen) atoms. The Labute approximate surface area is 188 Å². The molecule has 1 saturated heterocycles. The maximum absolute atomic E-state index is 13.4. The van der Waals surface area contributed by atoms with Crippen molar-refractivity contribution in [2.45, 2.75) is 39.0 Å². The Morgan fingerprint density at radius 1 is 1.06 bits per heavy atom. The molecule has 0 unspecified atom stereocenters. The first-order chi connectivity index (χ1) is 15.5. The van der Waals surface area contributed by atoms with Crippen molar-refractivity contribution >= 4 is 28.3 Å². The Hall–Kier alpha value is -3.43. The highest BCUT2D eigenvalue weighted by molar-refractivity contribution is 6.11. The van der Waals surface area contributed by atoms with Gasteiger partial charge in [-0.15, -0.1) is 0 Å². The minimum Gasteiger partial charge on any atom is -0.370 e. The summed E-state index contributed by atoms with van der Waals surface area (Å²) in [6.07, 6.45) is 4.36. The summed E-state index contributed by atoms with van der Waals surface area (Å²) in [4.78, 5) is 30.4. The number of nitrogens with two attached hydrogens (primary N) is 1. The standard InChI is InChI=1S/C26H28N4O2/c1-18-26(24(31)17-29-14-4-3-5-15-29)22-12-6-19(7-13-25(27)32)16-23(22)30(18)21-10-8-20(28-2)9-11-21/h6,8-12,16H,3-5,7,13-15,17H2,1H3,(H2,27,32). The highest BCUT2D eigenvalue weighted by Crippen LogP contribution is 2.32. The van der Waals surface area contributed by atoms with E-state index in [-0.39, 0.29) is 18.1 Å². The van der Waals surface area contributed by atoms with E-state index in [9.17, 15) is 9.59 Å². The molecule has 3 aromatic rings. The number of hydrogen-bond acceptors (Lipinski definition) is 3. The second-order valence-corrected chi connectivity index (χ2v) is 8.50. The van der Waals surface area contributed by atoms with Crippen LogP contribution in [0.4, 0.5) is 5.69 Å². The Bertz CT molecular complexity index is 1200. The lowest BCUT2D eigenvalue weighted by atomic mass is 10.0. The van der Waals surface area contributed by atoms with Crippen molar-refractivity contribution in [2.75, 3.05) is 19.6 Å². The van der Waals surface area contributed by atoms with E-state index in [2.05, 4.69) is 14.3 Å². The van der Waals surface area contributed by atoms with E-state index >= 15 is 0 Å². The van der Waals surface area contributed by atoms with Crippen molar-refractivity contribution in [1.29, 1.82) is 0 Å². The van der Waals surface area contributed by atoms with Gasteiger partial charge in [0.25, 0.3) is 0 Å². The maximum Gasteiger partial charge on any atom is 0.217 e. The number of primary amides is 1. The van der Waals surface area contributed by atoms with Crippen molar-refractivity contribution in [3.05, 3.63) is 70.7 Å². The Morgan fingerprint density at radius 2 is 1.78 bits per heavy atom. The van der Waals surface area contributed by atoms with Gasteiger partial charge in [0.05, 0.1) is 18.6 Å². The summed E-state index contributed by atoms with van der Waals surface area (Å²) in [5, 5.41) is 0.918. The number of ketones is 1. The van der Waals surface area contributed by atoms with Crippen molar-refractivity contribution in [3.63, 3.8) is 0 Å². The Balaban J connectivity index is 1.80. The van der Waals surface area contributed by atoms with Gasteiger partial charge >= 0.3 is 0 Å². The van der Waals surface area contributed by atoms with Crippen LogP contribution in [0.25, 0.3) is 21.4 Å². The van der Waals surface area contributed by atoms with Crippen LogP contribution in [0.3, 0.4) is 0 Å². The Morgan fingerprint density at radius 3 is 2.44 bits per heavy atom. The molecule has 1 amide bonds. The van der Waals surface area contributed by atoms with Crippen molar-refractivity contribution in [1.82, 2.24) is 9.47 Å². The molecule has 1 fully saturated rings. The summed E-state index contributed by atoms with van der Waals surface area (Å²) < 4.78 is 2.08. The van der Waals surface area contributed by atoms with E-state index in [1.165, 1.54) is 6.42 Å². The molecule has 2 aromatic carbocycles. The highest BCUT2D eigenvalue weighted by Gasteiger charge is 2.23. The van der Waals surface area contributed by atoms with Crippen LogP contribution in [0.2, 0.25) is 0 Å². The van der Waals surface area contributed by atoms with Crippen molar-refractivity contribution < 1.29 is 9.59 Å². The van der Waals surface area contributed by atoms with Gasteiger partial charge < -0.3 is 10.3 Å². The number of aryl methyl sites for hydroxylation is 1. The first kappa shape index (κ1) is 21.8. The first-order valence-corrected chi connectivity index (χ1v) is 11.1. The fourth-order valence-electron chi connectivity index (χ4n) is 4.64. The number of likely N-dealkylation sites (tertiary alicyclic amines) is 1. The molecule has 1 aliphatic heterocycles. The lowest BCUT2D eigenvalue weighted by Gasteiger charge is -2.25. The minimum absolute atomic E-state index is 0.135. The molecule has 6 nitrogen and oxygen atoms in total. The molecular formula is C26H28N4O2. The number of benzene rings is 2. The fraction of sp³-hybridized carbons (Fsp3) is 0.346. The summed E-state index contributed by atoms with van der Waals surface area (Å²) in [6.45, 7) is 11.6. The van der Waals surface area contributed by atoms with Crippen LogP contribution in [0.1, 0.15) is 47.3 Å². The number of carbonyl (C=O) groups is 2. The van der Waals surface area contributed by atoms with Gasteiger partial charge in [-0.3, -0.25) is 14.5 Å². The molecule has 6 heteroatoms. The second kappa shape index (κ2) is 9.37. The molecule has 0 radical (unpaired) electrons. The smallest absolute Gasteiger partial charge is 0.217 e. The number of aromatic nitrogens is 1. The average Bonchev–Trinajstić information content (AvgIpc) is 3.09. The average molecular weight is 429 g/mol. The fourth-order valence-corrected chi connectivity index (χ4v) is 4.64. The zero-order chi connectivity index (χ0) is 22.7. The van der Waals surface area contributed by atoms with Crippen LogP contribution >= 0.6 is 0 Å². The molecule has 2 N–H and O–H groups in total. The van der Waals surface area contributed by atoms with E-state index in [1.807, 2.05) is 37.3 Å². The molecule has 0 aliphatic carbocycles. The van der Waals surface area contributed by atoms with Crippen LogP contribution < -0.4 is 5.73 Å². The van der Waals surface area contributed by atoms with Crippen LogP contribution in [-0.2, 0) is 11.2 Å². The zero-order valence-corrected chi connectivity index (χ0v) is 18.4. The van der Waals surface area contributed by atoms with Crippen molar-refractivity contribution in [2.24, 2.45) is 5.73 Å². The largest absolute Gasteiger partial charge is 0.370 e. The van der Waals surface area contributed by atoms with Gasteiger partial charge in [-0.2, -0.15) is 0 Å². The molecule has 1 aliphatic rings. The molecule has 0 atom stereocenters. The quantitative estimate of drug-likeness (QED) is 0.442. The summed E-state index contributed by atoms with van der Waals surface area (Å²) >= 11 is 0. The zero-order valence-electron chi connectivity index (χ0n) is 18.4.